The van der Waals surface area contributed by atoms with Crippen molar-refractivity contribution in [3.8, 4) is 11.5 Å². The van der Waals surface area contributed by atoms with Gasteiger partial charge < -0.3 is 9.84 Å². The molecule has 0 saturated carbocycles. The van der Waals surface area contributed by atoms with E-state index in [9.17, 15) is 18.7 Å². The van der Waals surface area contributed by atoms with Crippen molar-refractivity contribution >= 4 is 11.5 Å². The Kier molecular flexibility index (Phi) is 6.69. The molecule has 4 rings (SSSR count). The van der Waals surface area contributed by atoms with Crippen LogP contribution in [0.25, 0.3) is 4.85 Å². The van der Waals surface area contributed by atoms with Gasteiger partial charge in [0.15, 0.2) is 17.1 Å². The van der Waals surface area contributed by atoms with Gasteiger partial charge in [0, 0.05) is 18.6 Å². The maximum absolute atomic E-state index is 15.9. The summed E-state index contributed by atoms with van der Waals surface area (Å²) in [5.74, 6) is -7.59. The van der Waals surface area contributed by atoms with Gasteiger partial charge >= 0.3 is 5.92 Å². The van der Waals surface area contributed by atoms with Crippen molar-refractivity contribution in [1.82, 2.24) is 25.2 Å². The summed E-state index contributed by atoms with van der Waals surface area (Å²) in [4.78, 5) is 18.8. The van der Waals surface area contributed by atoms with Gasteiger partial charge in [-0.05, 0) is 46.8 Å². The molecule has 0 amide bonds. The van der Waals surface area contributed by atoms with Gasteiger partial charge in [-0.15, -0.1) is 5.10 Å². The van der Waals surface area contributed by atoms with Gasteiger partial charge in [-0.25, -0.2) is 18.3 Å². The largest absolute Gasteiger partial charge is 0.456 e. The fourth-order valence-electron chi connectivity index (χ4n) is 3.52. The Balaban J connectivity index is 1.73. The fraction of sp³-hybridized carbons (Fsp3) is 0.167. The van der Waals surface area contributed by atoms with Crippen molar-refractivity contribution in [2.75, 3.05) is 0 Å². The van der Waals surface area contributed by atoms with Gasteiger partial charge in [-0.1, -0.05) is 12.1 Å². The van der Waals surface area contributed by atoms with Crippen LogP contribution in [0.4, 0.5) is 23.2 Å². The third-order valence-corrected chi connectivity index (χ3v) is 5.38. The molecule has 1 atom stereocenters. The number of ether oxygens (including phenoxy) is 1. The molecule has 0 aliphatic carbocycles. The minimum atomic E-state index is -4.30. The lowest BCUT2D eigenvalue weighted by atomic mass is 9.84. The zero-order valence-corrected chi connectivity index (χ0v) is 18.9. The van der Waals surface area contributed by atoms with E-state index >= 15 is 8.78 Å². The number of aliphatic hydroxyl groups is 1. The summed E-state index contributed by atoms with van der Waals surface area (Å²) in [5.41, 5.74) is -4.98. The Bertz CT molecular complexity index is 1490. The zero-order chi connectivity index (χ0) is 26.8. The highest BCUT2D eigenvalue weighted by molar-refractivity contribution is 5.90. The lowest BCUT2D eigenvalue weighted by molar-refractivity contribution is -0.208. The number of rotatable bonds is 8. The maximum atomic E-state index is 15.9. The van der Waals surface area contributed by atoms with E-state index in [4.69, 9.17) is 11.3 Å². The van der Waals surface area contributed by atoms with Crippen LogP contribution in [-0.4, -0.2) is 36.1 Å². The molecule has 2 heterocycles. The number of halogens is 4. The minimum Gasteiger partial charge on any atom is -0.456 e. The van der Waals surface area contributed by atoms with Gasteiger partial charge in [0.2, 0.25) is 5.82 Å². The number of hydrogen-bond donors (Lipinski definition) is 1. The third kappa shape index (κ3) is 4.87. The number of carbonyl (C=O) groups is 1. The molecule has 0 spiro atoms. The molecular formula is C24H16F4N6O3. The summed E-state index contributed by atoms with van der Waals surface area (Å²) in [7, 11) is 0. The molecule has 0 aliphatic rings. The van der Waals surface area contributed by atoms with Crippen molar-refractivity contribution in [2.24, 2.45) is 0 Å². The predicted octanol–water partition coefficient (Wildman–Crippen LogP) is 4.57. The lowest BCUT2D eigenvalue weighted by Crippen LogP contribution is -2.48. The lowest BCUT2D eigenvalue weighted by Gasteiger charge is -2.36. The SMILES string of the molecule is [C-]#[N+]c1ccc(Oc2ccc(C(F)(F)C(O)(Cn3nnnc3C(C)=O)c3ccc(F)cc3F)nc2)cc1. The minimum absolute atomic E-state index is 0.0611. The van der Waals surface area contributed by atoms with E-state index in [1.54, 1.807) is 0 Å². The molecule has 0 aliphatic heterocycles. The number of ketones is 1. The van der Waals surface area contributed by atoms with Gasteiger partial charge in [-0.2, -0.15) is 8.78 Å². The van der Waals surface area contributed by atoms with E-state index < -0.39 is 52.6 Å². The monoisotopic (exact) mass is 512 g/mol. The summed E-state index contributed by atoms with van der Waals surface area (Å²) < 4.78 is 66.2. The predicted molar refractivity (Wildman–Crippen MR) is 119 cm³/mol. The molecule has 2 aromatic heterocycles. The van der Waals surface area contributed by atoms with Gasteiger partial charge in [0.05, 0.1) is 19.3 Å². The van der Waals surface area contributed by atoms with Crippen LogP contribution in [0.2, 0.25) is 0 Å². The molecule has 188 valence electrons. The molecule has 9 nitrogen and oxygen atoms in total. The molecule has 0 radical (unpaired) electrons. The molecule has 4 aromatic rings. The molecule has 0 fully saturated rings. The number of hydrogen-bond acceptors (Lipinski definition) is 7. The Labute approximate surface area is 206 Å². The summed E-state index contributed by atoms with van der Waals surface area (Å²) >= 11 is 0. The van der Waals surface area contributed by atoms with Crippen molar-refractivity contribution in [1.29, 1.82) is 0 Å². The number of benzene rings is 2. The fourth-order valence-corrected chi connectivity index (χ4v) is 3.52. The first-order valence-electron chi connectivity index (χ1n) is 10.5. The van der Waals surface area contributed by atoms with Crippen LogP contribution < -0.4 is 4.74 Å². The number of nitrogens with zero attached hydrogens (tertiary/aromatic N) is 6. The smallest absolute Gasteiger partial charge is 0.323 e. The Hall–Kier alpha value is -4.70. The van der Waals surface area contributed by atoms with Crippen molar-refractivity contribution < 1.29 is 32.2 Å². The molecule has 0 bridgehead atoms. The van der Waals surface area contributed by atoms with E-state index in [2.05, 4.69) is 25.4 Å². The molecule has 1 unspecified atom stereocenters. The van der Waals surface area contributed by atoms with Crippen LogP contribution in [0.1, 0.15) is 28.8 Å². The normalized spacial score (nSPS) is 13.0. The number of tetrazole rings is 1. The summed E-state index contributed by atoms with van der Waals surface area (Å²) in [5, 5.41) is 21.5. The van der Waals surface area contributed by atoms with Crippen LogP contribution in [0.3, 0.4) is 0 Å². The number of carbonyl (C=O) groups excluding carboxylic acids is 1. The van der Waals surface area contributed by atoms with Crippen molar-refractivity contribution in [3.63, 3.8) is 0 Å². The molecule has 2 aromatic carbocycles. The highest BCUT2D eigenvalue weighted by atomic mass is 19.3. The van der Waals surface area contributed by atoms with E-state index in [0.29, 0.717) is 34.3 Å². The second-order valence-corrected chi connectivity index (χ2v) is 7.86. The molecule has 0 saturated heterocycles. The Morgan fingerprint density at radius 1 is 1.11 bits per heavy atom. The van der Waals surface area contributed by atoms with Crippen LogP contribution in [0.5, 0.6) is 11.5 Å². The average molecular weight is 512 g/mol. The quantitative estimate of drug-likeness (QED) is 0.209. The third-order valence-electron chi connectivity index (χ3n) is 5.38. The van der Waals surface area contributed by atoms with E-state index in [0.717, 1.165) is 25.3 Å². The number of alkyl halides is 2. The molecule has 13 heteroatoms. The van der Waals surface area contributed by atoms with Gasteiger partial charge in [0.25, 0.3) is 0 Å². The average Bonchev–Trinajstić information content (AvgIpc) is 3.33. The van der Waals surface area contributed by atoms with Crippen LogP contribution in [0.15, 0.2) is 60.8 Å². The number of aromatic nitrogens is 5. The molecule has 37 heavy (non-hydrogen) atoms. The first-order valence-corrected chi connectivity index (χ1v) is 10.5. The number of Topliss-reactive ketones (excluding diaryl/α,β-unsaturated/α-hetero) is 1. The van der Waals surface area contributed by atoms with Crippen molar-refractivity contribution in [2.45, 2.75) is 25.0 Å². The van der Waals surface area contributed by atoms with Crippen molar-refractivity contribution in [3.05, 3.63) is 101 Å². The standard InChI is InChI=1S/C24H16F4N6O3/c1-14(35)22-31-32-33-34(22)13-23(36,19-9-3-15(25)11-20(19)26)24(27,28)21-10-8-18(12-30-21)37-17-6-4-16(29-2)5-7-17/h3-12,36H,13H2,1H3. The zero-order valence-electron chi connectivity index (χ0n) is 18.9. The highest BCUT2D eigenvalue weighted by Gasteiger charge is 2.58. The second kappa shape index (κ2) is 9.75. The van der Waals surface area contributed by atoms with Crippen LogP contribution in [-0.2, 0) is 18.1 Å². The molecule has 1 N–H and O–H groups in total. The first-order chi connectivity index (χ1) is 17.5. The van der Waals surface area contributed by atoms with E-state index in [1.165, 1.54) is 24.3 Å². The van der Waals surface area contributed by atoms with Gasteiger partial charge in [-0.3, -0.25) is 9.78 Å². The summed E-state index contributed by atoms with van der Waals surface area (Å²) in [6, 6.07) is 9.74. The van der Waals surface area contributed by atoms with Crippen LogP contribution in [0, 0.1) is 18.2 Å². The summed E-state index contributed by atoms with van der Waals surface area (Å²) in [6.45, 7) is 6.87. The van der Waals surface area contributed by atoms with Gasteiger partial charge in [0.1, 0.15) is 28.8 Å². The topological polar surface area (TPSA) is 107 Å². The highest BCUT2D eigenvalue weighted by Crippen LogP contribution is 2.47. The van der Waals surface area contributed by atoms with E-state index in [-0.39, 0.29) is 5.75 Å². The summed E-state index contributed by atoms with van der Waals surface area (Å²) in [6.07, 6.45) is 0.964. The maximum Gasteiger partial charge on any atom is 0.323 e. The first kappa shape index (κ1) is 25.4. The Morgan fingerprint density at radius 3 is 2.41 bits per heavy atom. The second-order valence-electron chi connectivity index (χ2n) is 7.86. The molecular weight excluding hydrogens is 496 g/mol. The number of pyridine rings is 1. The van der Waals surface area contributed by atoms with E-state index in [1.807, 2.05) is 0 Å². The Morgan fingerprint density at radius 2 is 1.81 bits per heavy atom. The van der Waals surface area contributed by atoms with Crippen LogP contribution >= 0.6 is 0 Å².